The molecule has 40 heavy (non-hydrogen) atoms. The van der Waals surface area contributed by atoms with Gasteiger partial charge in [0.1, 0.15) is 11.5 Å². The van der Waals surface area contributed by atoms with Crippen LogP contribution >= 0.6 is 0 Å². The maximum Gasteiger partial charge on any atom is 0.246 e. The first-order valence-electron chi connectivity index (χ1n) is 13.9. The van der Waals surface area contributed by atoms with Crippen molar-refractivity contribution in [1.29, 1.82) is 0 Å². The summed E-state index contributed by atoms with van der Waals surface area (Å²) in [5.74, 6) is 1.83. The first-order chi connectivity index (χ1) is 19.9. The number of hydrogen-bond acceptors (Lipinski definition) is 2. The van der Waals surface area contributed by atoms with Crippen molar-refractivity contribution in [2.45, 2.75) is 5.41 Å². The van der Waals surface area contributed by atoms with E-state index >= 15 is 0 Å². The summed E-state index contributed by atoms with van der Waals surface area (Å²) in [6.07, 6.45) is 0. The fourth-order valence-electron chi connectivity index (χ4n) is 7.53. The van der Waals surface area contributed by atoms with Crippen LogP contribution in [0.1, 0.15) is 22.3 Å². The molecule has 3 aliphatic heterocycles. The monoisotopic (exact) mass is 509 g/mol. The Bertz CT molecular complexity index is 1920. The molecule has 0 fully saturated rings. The summed E-state index contributed by atoms with van der Waals surface area (Å²) in [5.41, 5.74) is 12.1. The van der Waals surface area contributed by atoms with Crippen LogP contribution in [0.3, 0.4) is 0 Å². The fraction of sp³-hybridized carbons (Fsp3) is 0.0270. The molecule has 0 unspecified atom stereocenters. The van der Waals surface area contributed by atoms with Gasteiger partial charge >= 0.3 is 0 Å². The zero-order valence-electron chi connectivity index (χ0n) is 21.8. The lowest BCUT2D eigenvalue weighted by Gasteiger charge is -2.51. The third-order valence-electron chi connectivity index (χ3n) is 8.98. The van der Waals surface area contributed by atoms with Crippen molar-refractivity contribution in [3.8, 4) is 11.5 Å². The van der Waals surface area contributed by atoms with Gasteiger partial charge in [-0.1, -0.05) is 127 Å². The summed E-state index contributed by atoms with van der Waals surface area (Å²) in [7, 11) is 0. The minimum atomic E-state index is -0.516. The van der Waals surface area contributed by atoms with Crippen molar-refractivity contribution in [2.75, 3.05) is 4.90 Å². The normalized spacial score (nSPS) is 14.8. The number of ether oxygens (including phenoxy) is 1. The Hall–Kier alpha value is -5.02. The van der Waals surface area contributed by atoms with Crippen molar-refractivity contribution >= 4 is 40.2 Å². The average molecular weight is 509 g/mol. The molecule has 186 valence electrons. The fourth-order valence-corrected chi connectivity index (χ4v) is 7.53. The standard InChI is InChI=1S/C37H24BNO/c1-2-13-25(14-3-1)38-30-19-7-9-22-33(30)39-32-21-8-4-15-26(32)37(29-18-12-20-31(38)36(29)39)27-16-5-10-23-34(27)40-35-24-11-6-17-28(35)37/h1-24H. The van der Waals surface area contributed by atoms with Gasteiger partial charge in [-0.3, -0.25) is 0 Å². The van der Waals surface area contributed by atoms with Gasteiger partial charge < -0.3 is 9.64 Å². The summed E-state index contributed by atoms with van der Waals surface area (Å²) in [6, 6.07) is 52.9. The van der Waals surface area contributed by atoms with Crippen LogP contribution in [0.2, 0.25) is 0 Å². The van der Waals surface area contributed by atoms with Crippen molar-refractivity contribution < 1.29 is 4.74 Å². The number of hydrogen-bond donors (Lipinski definition) is 0. The number of benzene rings is 6. The molecule has 6 aromatic rings. The van der Waals surface area contributed by atoms with E-state index in [0.29, 0.717) is 0 Å². The molecule has 6 aromatic carbocycles. The van der Waals surface area contributed by atoms with E-state index in [0.717, 1.165) is 11.5 Å². The van der Waals surface area contributed by atoms with Gasteiger partial charge in [0.15, 0.2) is 0 Å². The topological polar surface area (TPSA) is 12.5 Å². The zero-order chi connectivity index (χ0) is 26.3. The molecule has 0 saturated heterocycles. The van der Waals surface area contributed by atoms with E-state index in [1.54, 1.807) is 0 Å². The van der Waals surface area contributed by atoms with Crippen LogP contribution in [0.5, 0.6) is 11.5 Å². The minimum Gasteiger partial charge on any atom is -0.457 e. The zero-order valence-corrected chi connectivity index (χ0v) is 21.8. The predicted octanol–water partition coefficient (Wildman–Crippen LogP) is 6.79. The van der Waals surface area contributed by atoms with E-state index in [1.807, 2.05) is 0 Å². The number of para-hydroxylation sites is 5. The lowest BCUT2D eigenvalue weighted by atomic mass is 9.34. The molecular formula is C37H24BNO. The summed E-state index contributed by atoms with van der Waals surface area (Å²) >= 11 is 0. The Morgan fingerprint density at radius 1 is 0.450 bits per heavy atom. The first kappa shape index (κ1) is 21.9. The molecule has 0 radical (unpaired) electrons. The maximum atomic E-state index is 6.57. The van der Waals surface area contributed by atoms with Crippen LogP contribution in [0.4, 0.5) is 17.1 Å². The molecule has 0 aromatic heterocycles. The summed E-state index contributed by atoms with van der Waals surface area (Å²) in [4.78, 5) is 2.51. The van der Waals surface area contributed by atoms with Crippen LogP contribution in [0.15, 0.2) is 146 Å². The maximum absolute atomic E-state index is 6.57. The van der Waals surface area contributed by atoms with Crippen LogP contribution in [0.25, 0.3) is 0 Å². The molecule has 3 heterocycles. The number of nitrogens with zero attached hydrogens (tertiary/aromatic N) is 1. The molecule has 0 bridgehead atoms. The Morgan fingerprint density at radius 2 is 1.00 bits per heavy atom. The molecule has 3 heteroatoms. The van der Waals surface area contributed by atoms with Gasteiger partial charge in [0, 0.05) is 22.5 Å². The number of fused-ring (bicyclic) bond motifs is 10. The van der Waals surface area contributed by atoms with Gasteiger partial charge in [0.2, 0.25) is 6.71 Å². The smallest absolute Gasteiger partial charge is 0.246 e. The van der Waals surface area contributed by atoms with E-state index < -0.39 is 5.41 Å². The Morgan fingerprint density at radius 3 is 1.75 bits per heavy atom. The van der Waals surface area contributed by atoms with E-state index in [9.17, 15) is 0 Å². The van der Waals surface area contributed by atoms with Crippen molar-refractivity contribution in [2.24, 2.45) is 0 Å². The molecular weight excluding hydrogens is 485 g/mol. The molecule has 2 nitrogen and oxygen atoms in total. The van der Waals surface area contributed by atoms with Gasteiger partial charge in [-0.25, -0.2) is 0 Å². The highest BCUT2D eigenvalue weighted by Gasteiger charge is 2.53. The lowest BCUT2D eigenvalue weighted by Crippen LogP contribution is -2.59. The highest BCUT2D eigenvalue weighted by atomic mass is 16.5. The molecule has 1 spiro atoms. The SMILES string of the molecule is c1ccc(B2c3ccccc3N3c4ccccc4C4(c5ccccc5Oc5ccccc54)c4cccc2c43)cc1. The Kier molecular flexibility index (Phi) is 4.37. The second kappa shape index (κ2) is 8.00. The predicted molar refractivity (Wildman–Crippen MR) is 164 cm³/mol. The highest BCUT2D eigenvalue weighted by molar-refractivity contribution is 6.98. The van der Waals surface area contributed by atoms with E-state index in [-0.39, 0.29) is 6.71 Å². The van der Waals surface area contributed by atoms with Gasteiger partial charge in [-0.2, -0.15) is 0 Å². The van der Waals surface area contributed by atoms with Crippen LogP contribution in [-0.2, 0) is 5.41 Å². The Labute approximate surface area is 234 Å². The molecule has 9 rings (SSSR count). The third-order valence-corrected chi connectivity index (χ3v) is 8.98. The largest absolute Gasteiger partial charge is 0.457 e. The summed E-state index contributed by atoms with van der Waals surface area (Å²) in [6.45, 7) is 0.135. The number of rotatable bonds is 1. The molecule has 0 amide bonds. The van der Waals surface area contributed by atoms with Gasteiger partial charge in [-0.05, 0) is 46.3 Å². The van der Waals surface area contributed by atoms with E-state index in [2.05, 4.69) is 150 Å². The second-order valence-electron chi connectivity index (χ2n) is 10.8. The number of anilines is 3. The molecule has 0 atom stereocenters. The summed E-state index contributed by atoms with van der Waals surface area (Å²) < 4.78 is 6.57. The average Bonchev–Trinajstić information content (AvgIpc) is 3.03. The Balaban J connectivity index is 1.48. The van der Waals surface area contributed by atoms with Gasteiger partial charge in [0.25, 0.3) is 0 Å². The summed E-state index contributed by atoms with van der Waals surface area (Å²) in [5, 5.41) is 0. The molecule has 0 aliphatic carbocycles. The minimum absolute atomic E-state index is 0.135. The van der Waals surface area contributed by atoms with Crippen LogP contribution in [0, 0.1) is 0 Å². The van der Waals surface area contributed by atoms with Crippen molar-refractivity contribution in [3.05, 3.63) is 168 Å². The van der Waals surface area contributed by atoms with Crippen molar-refractivity contribution in [1.82, 2.24) is 0 Å². The quantitative estimate of drug-likeness (QED) is 0.226. The van der Waals surface area contributed by atoms with Crippen molar-refractivity contribution in [3.63, 3.8) is 0 Å². The van der Waals surface area contributed by atoms with Gasteiger partial charge in [0.05, 0.1) is 11.1 Å². The van der Waals surface area contributed by atoms with E-state index in [1.165, 1.54) is 55.7 Å². The highest BCUT2D eigenvalue weighted by Crippen LogP contribution is 2.62. The third kappa shape index (κ3) is 2.64. The van der Waals surface area contributed by atoms with Crippen LogP contribution in [-0.4, -0.2) is 6.71 Å². The molecule has 3 aliphatic rings. The first-order valence-corrected chi connectivity index (χ1v) is 13.9. The molecule has 0 N–H and O–H groups in total. The molecule has 0 saturated carbocycles. The van der Waals surface area contributed by atoms with Crippen LogP contribution < -0.4 is 26.0 Å². The second-order valence-corrected chi connectivity index (χ2v) is 10.8. The lowest BCUT2D eigenvalue weighted by molar-refractivity contribution is 0.434. The van der Waals surface area contributed by atoms with Gasteiger partial charge in [-0.15, -0.1) is 0 Å². The van der Waals surface area contributed by atoms with E-state index in [4.69, 9.17) is 4.74 Å².